The maximum absolute atomic E-state index is 8.80. The Bertz CT molecular complexity index is 123. The van der Waals surface area contributed by atoms with Crippen LogP contribution in [0.1, 0.15) is 65.7 Å². The fourth-order valence-corrected chi connectivity index (χ4v) is 2.51. The van der Waals surface area contributed by atoms with Crippen LogP contribution in [-0.4, -0.2) is 14.6 Å². The molecule has 0 fully saturated rings. The average Bonchev–Trinajstić information content (AvgIpc) is 2.15. The van der Waals surface area contributed by atoms with Crippen LogP contribution in [0.2, 0.25) is 6.04 Å². The van der Waals surface area contributed by atoms with E-state index in [0.717, 1.165) is 6.04 Å². The number of unbranched alkanes of at least 4 members (excludes halogenated alkanes) is 4. The summed E-state index contributed by atoms with van der Waals surface area (Å²) in [5.41, 5.74) is 0.446. The van der Waals surface area contributed by atoms with Crippen molar-refractivity contribution in [3.63, 3.8) is 0 Å². The Balaban J connectivity index is 3.35. The summed E-state index contributed by atoms with van der Waals surface area (Å²) in [7, 11) is 0.137. The van der Waals surface area contributed by atoms with Crippen LogP contribution in [0.25, 0.3) is 0 Å². The van der Waals surface area contributed by atoms with Crippen LogP contribution >= 0.6 is 0 Å². The zero-order chi connectivity index (χ0) is 10.9. The molecule has 84 valence electrons. The van der Waals surface area contributed by atoms with Crippen molar-refractivity contribution in [2.45, 2.75) is 71.8 Å². The summed E-state index contributed by atoms with van der Waals surface area (Å²) < 4.78 is 0. The van der Waals surface area contributed by atoms with E-state index in [1.807, 2.05) is 0 Å². The lowest BCUT2D eigenvalue weighted by Gasteiger charge is -2.23. The van der Waals surface area contributed by atoms with Gasteiger partial charge in [-0.3, -0.25) is 0 Å². The molecule has 2 heteroatoms. The van der Waals surface area contributed by atoms with Crippen molar-refractivity contribution < 1.29 is 4.80 Å². The molecule has 1 N–H and O–H groups in total. The van der Waals surface area contributed by atoms with E-state index in [0.29, 0.717) is 5.41 Å². The second kappa shape index (κ2) is 8.48. The number of hydrogen-bond donors (Lipinski definition) is 1. The van der Waals surface area contributed by atoms with Crippen molar-refractivity contribution in [3.8, 4) is 0 Å². The predicted molar refractivity (Wildman–Crippen MR) is 64.6 cm³/mol. The molecule has 0 aromatic heterocycles. The lowest BCUT2D eigenvalue weighted by atomic mass is 9.84. The topological polar surface area (TPSA) is 20.2 Å². The molecule has 0 rings (SSSR count). The van der Waals surface area contributed by atoms with Gasteiger partial charge in [-0.1, -0.05) is 52.9 Å². The minimum atomic E-state index is 0.137. The lowest BCUT2D eigenvalue weighted by Crippen LogP contribution is -2.12. The third-order valence-electron chi connectivity index (χ3n) is 2.87. The Kier molecular flexibility index (Phi) is 8.59. The molecule has 0 unspecified atom stereocenters. The molecule has 1 nitrogen and oxygen atoms in total. The summed E-state index contributed by atoms with van der Waals surface area (Å²) in [6.07, 6.45) is 9.36. The van der Waals surface area contributed by atoms with Crippen LogP contribution in [0, 0.1) is 5.41 Å². The van der Waals surface area contributed by atoms with Gasteiger partial charge in [-0.05, 0) is 24.3 Å². The standard InChI is InChI=1S/C12H26OSi/c1-4-5-6-7-8-9-12(2,3)10-11-14-13/h13H,4-11H2,1-3H3. The smallest absolute Gasteiger partial charge is 0.224 e. The molecule has 0 spiro atoms. The quantitative estimate of drug-likeness (QED) is 0.457. The van der Waals surface area contributed by atoms with Crippen LogP contribution in [0.3, 0.4) is 0 Å². The molecule has 0 aromatic carbocycles. The fraction of sp³-hybridized carbons (Fsp3) is 1.00. The van der Waals surface area contributed by atoms with Crippen molar-refractivity contribution in [3.05, 3.63) is 0 Å². The second-order valence-corrected chi connectivity index (χ2v) is 5.80. The molecule has 14 heavy (non-hydrogen) atoms. The highest BCUT2D eigenvalue weighted by Crippen LogP contribution is 2.29. The second-order valence-electron chi connectivity index (χ2n) is 4.99. The van der Waals surface area contributed by atoms with Gasteiger partial charge in [0.15, 0.2) is 0 Å². The highest BCUT2D eigenvalue weighted by atomic mass is 28.2. The summed E-state index contributed by atoms with van der Waals surface area (Å²) in [4.78, 5) is 8.80. The first-order chi connectivity index (χ1) is 6.62. The molecule has 0 saturated carbocycles. The zero-order valence-electron chi connectivity index (χ0n) is 10.1. The lowest BCUT2D eigenvalue weighted by molar-refractivity contribution is 0.304. The van der Waals surface area contributed by atoms with Gasteiger partial charge in [0, 0.05) is 0 Å². The first-order valence-electron chi connectivity index (χ1n) is 5.99. The maximum atomic E-state index is 8.80. The minimum Gasteiger partial charge on any atom is -0.432 e. The van der Waals surface area contributed by atoms with Crippen molar-refractivity contribution >= 4 is 9.76 Å². The molecule has 0 heterocycles. The van der Waals surface area contributed by atoms with Gasteiger partial charge in [0.1, 0.15) is 0 Å². The maximum Gasteiger partial charge on any atom is 0.224 e. The van der Waals surface area contributed by atoms with Crippen molar-refractivity contribution in [2.75, 3.05) is 0 Å². The molecule has 0 aliphatic heterocycles. The molecule has 0 atom stereocenters. The Hall–Kier alpha value is 0.177. The van der Waals surface area contributed by atoms with Gasteiger partial charge in [0.25, 0.3) is 0 Å². The van der Waals surface area contributed by atoms with Gasteiger partial charge in [-0.25, -0.2) is 0 Å². The molecule has 0 bridgehead atoms. The molecule has 0 amide bonds. The van der Waals surface area contributed by atoms with Gasteiger partial charge in [0.2, 0.25) is 9.76 Å². The number of rotatable bonds is 9. The Labute approximate surface area is 92.2 Å². The van der Waals surface area contributed by atoms with Crippen molar-refractivity contribution in [1.29, 1.82) is 0 Å². The van der Waals surface area contributed by atoms with E-state index in [9.17, 15) is 0 Å². The molecule has 0 saturated heterocycles. The van der Waals surface area contributed by atoms with Crippen LogP contribution in [0.5, 0.6) is 0 Å². The summed E-state index contributed by atoms with van der Waals surface area (Å²) in [5, 5.41) is 0. The Morgan fingerprint density at radius 1 is 1.00 bits per heavy atom. The SMILES string of the molecule is CCCCCCCC(C)(C)CC[Si]O. The highest BCUT2D eigenvalue weighted by Gasteiger charge is 2.16. The summed E-state index contributed by atoms with van der Waals surface area (Å²) in [6, 6.07) is 0.988. The van der Waals surface area contributed by atoms with Crippen LogP contribution in [-0.2, 0) is 0 Å². The number of hydrogen-bond acceptors (Lipinski definition) is 1. The van der Waals surface area contributed by atoms with Crippen LogP contribution in [0.15, 0.2) is 0 Å². The highest BCUT2D eigenvalue weighted by molar-refractivity contribution is 6.25. The van der Waals surface area contributed by atoms with Gasteiger partial charge in [-0.15, -0.1) is 0 Å². The summed E-state index contributed by atoms with van der Waals surface area (Å²) >= 11 is 0. The molecule has 2 radical (unpaired) electrons. The summed E-state index contributed by atoms with van der Waals surface area (Å²) in [6.45, 7) is 6.91. The van der Waals surface area contributed by atoms with E-state index in [-0.39, 0.29) is 9.76 Å². The van der Waals surface area contributed by atoms with Crippen molar-refractivity contribution in [2.24, 2.45) is 5.41 Å². The van der Waals surface area contributed by atoms with Gasteiger partial charge < -0.3 is 4.80 Å². The molecular formula is C12H26OSi. The third-order valence-corrected chi connectivity index (χ3v) is 3.34. The zero-order valence-corrected chi connectivity index (χ0v) is 11.1. The van der Waals surface area contributed by atoms with Crippen LogP contribution < -0.4 is 0 Å². The first-order valence-corrected chi connectivity index (χ1v) is 7.15. The van der Waals surface area contributed by atoms with E-state index in [1.165, 1.54) is 44.9 Å². The van der Waals surface area contributed by atoms with Gasteiger partial charge >= 0.3 is 0 Å². The van der Waals surface area contributed by atoms with E-state index < -0.39 is 0 Å². The normalized spacial score (nSPS) is 12.0. The molecule has 0 aliphatic rings. The molecular weight excluding hydrogens is 188 g/mol. The van der Waals surface area contributed by atoms with E-state index >= 15 is 0 Å². The Morgan fingerprint density at radius 3 is 2.21 bits per heavy atom. The van der Waals surface area contributed by atoms with E-state index in [2.05, 4.69) is 20.8 Å². The first kappa shape index (κ1) is 14.2. The Morgan fingerprint density at radius 2 is 1.64 bits per heavy atom. The largest absolute Gasteiger partial charge is 0.432 e. The van der Waals surface area contributed by atoms with Crippen molar-refractivity contribution in [1.82, 2.24) is 0 Å². The predicted octanol–water partition coefficient (Wildman–Crippen LogP) is 3.79. The molecule has 0 aliphatic carbocycles. The fourth-order valence-electron chi connectivity index (χ4n) is 1.73. The molecule has 0 aromatic rings. The van der Waals surface area contributed by atoms with E-state index in [4.69, 9.17) is 4.80 Å². The summed E-state index contributed by atoms with van der Waals surface area (Å²) in [5.74, 6) is 0. The third kappa shape index (κ3) is 8.76. The van der Waals surface area contributed by atoms with Gasteiger partial charge in [-0.2, -0.15) is 0 Å². The van der Waals surface area contributed by atoms with Gasteiger partial charge in [0.05, 0.1) is 0 Å². The van der Waals surface area contributed by atoms with Crippen LogP contribution in [0.4, 0.5) is 0 Å². The van der Waals surface area contributed by atoms with E-state index in [1.54, 1.807) is 0 Å². The average molecular weight is 214 g/mol. The minimum absolute atomic E-state index is 0.137. The monoisotopic (exact) mass is 214 g/mol.